The van der Waals surface area contributed by atoms with E-state index in [0.29, 0.717) is 6.42 Å². The zero-order valence-electron chi connectivity index (χ0n) is 5.64. The van der Waals surface area contributed by atoms with Crippen LogP contribution in [0.4, 0.5) is 0 Å². The van der Waals surface area contributed by atoms with Gasteiger partial charge in [-0.15, -0.1) is 0 Å². The Labute approximate surface area is 54.8 Å². The Morgan fingerprint density at radius 3 is 2.56 bits per heavy atom. The summed E-state index contributed by atoms with van der Waals surface area (Å²) in [5.41, 5.74) is 0. The first-order chi connectivity index (χ1) is 4.22. The Morgan fingerprint density at radius 2 is 2.33 bits per heavy atom. The topological polar surface area (TPSA) is 20.3 Å². The van der Waals surface area contributed by atoms with Crippen LogP contribution in [-0.2, 0) is 4.79 Å². The van der Waals surface area contributed by atoms with Gasteiger partial charge in [-0.05, 0) is 13.8 Å². The Kier molecular flexibility index (Phi) is 1.44. The van der Waals surface area contributed by atoms with Crippen molar-refractivity contribution >= 4 is 5.91 Å². The van der Waals surface area contributed by atoms with Gasteiger partial charge in [0.05, 0.1) is 6.42 Å². The van der Waals surface area contributed by atoms with Crippen LogP contribution in [-0.4, -0.2) is 16.8 Å². The maximum Gasteiger partial charge on any atom is 0.246 e. The maximum atomic E-state index is 10.8. The van der Waals surface area contributed by atoms with E-state index in [9.17, 15) is 4.79 Å². The van der Waals surface area contributed by atoms with Crippen LogP contribution in [0.25, 0.3) is 0 Å². The third-order valence-corrected chi connectivity index (χ3v) is 1.22. The summed E-state index contributed by atoms with van der Waals surface area (Å²) in [7, 11) is 0. The minimum absolute atomic E-state index is 0.102. The maximum absolute atomic E-state index is 10.8. The van der Waals surface area contributed by atoms with Crippen molar-refractivity contribution in [2.45, 2.75) is 26.3 Å². The number of rotatable bonds is 1. The van der Waals surface area contributed by atoms with E-state index in [4.69, 9.17) is 0 Å². The quantitative estimate of drug-likeness (QED) is 0.467. The molecule has 9 heavy (non-hydrogen) atoms. The standard InChI is InChI=1S/C7H9NO/c1-6(2)8-5-3-4-7(8)9/h6H,4H2,1-2H3. The van der Waals surface area contributed by atoms with E-state index in [0.717, 1.165) is 0 Å². The Balaban J connectivity index is 2.63. The highest BCUT2D eigenvalue weighted by Gasteiger charge is 2.16. The van der Waals surface area contributed by atoms with Gasteiger partial charge >= 0.3 is 0 Å². The van der Waals surface area contributed by atoms with Crippen molar-refractivity contribution in [2.24, 2.45) is 0 Å². The highest BCUT2D eigenvalue weighted by Crippen LogP contribution is 2.03. The van der Waals surface area contributed by atoms with E-state index in [1.165, 1.54) is 0 Å². The van der Waals surface area contributed by atoms with Gasteiger partial charge in [0.1, 0.15) is 0 Å². The molecule has 1 heterocycles. The van der Waals surface area contributed by atoms with E-state index in [2.05, 4.69) is 12.0 Å². The Morgan fingerprint density at radius 1 is 1.67 bits per heavy atom. The lowest BCUT2D eigenvalue weighted by molar-refractivity contribution is -0.127. The SMILES string of the molecule is CC(C)N1C#CCC1=O. The molecular formula is C7H9NO. The molecule has 1 rings (SSSR count). The highest BCUT2D eigenvalue weighted by molar-refractivity contribution is 5.83. The zero-order valence-corrected chi connectivity index (χ0v) is 5.64. The monoisotopic (exact) mass is 123 g/mol. The van der Waals surface area contributed by atoms with Crippen molar-refractivity contribution < 1.29 is 4.79 Å². The molecule has 0 bridgehead atoms. The third kappa shape index (κ3) is 1.05. The van der Waals surface area contributed by atoms with Gasteiger partial charge < -0.3 is 0 Å². The highest BCUT2D eigenvalue weighted by atomic mass is 16.2. The number of hydrogen-bond donors (Lipinski definition) is 0. The van der Waals surface area contributed by atoms with E-state index in [1.807, 2.05) is 13.8 Å². The smallest absolute Gasteiger partial charge is 0.246 e. The van der Waals surface area contributed by atoms with Crippen molar-refractivity contribution in [1.82, 2.24) is 4.90 Å². The first-order valence-electron chi connectivity index (χ1n) is 3.02. The molecule has 0 atom stereocenters. The Bertz CT molecular complexity index is 185. The molecule has 0 aliphatic carbocycles. The fraction of sp³-hybridized carbons (Fsp3) is 0.571. The lowest BCUT2D eigenvalue weighted by atomic mass is 10.3. The molecule has 0 aromatic heterocycles. The van der Waals surface area contributed by atoms with Crippen LogP contribution < -0.4 is 0 Å². The van der Waals surface area contributed by atoms with E-state index < -0.39 is 0 Å². The van der Waals surface area contributed by atoms with Gasteiger partial charge in [-0.1, -0.05) is 5.92 Å². The van der Waals surface area contributed by atoms with Crippen molar-refractivity contribution in [3.63, 3.8) is 0 Å². The second-order valence-electron chi connectivity index (χ2n) is 2.32. The van der Waals surface area contributed by atoms with Crippen LogP contribution >= 0.6 is 0 Å². The molecular weight excluding hydrogens is 114 g/mol. The van der Waals surface area contributed by atoms with Crippen LogP contribution in [0, 0.1) is 12.0 Å². The fourth-order valence-corrected chi connectivity index (χ4v) is 0.765. The summed E-state index contributed by atoms with van der Waals surface area (Å²) in [6.07, 6.45) is 0.401. The number of hydrogen-bond acceptors (Lipinski definition) is 1. The predicted octanol–water partition coefficient (Wildman–Crippen LogP) is 0.588. The molecule has 0 fully saturated rings. The molecule has 0 saturated heterocycles. The molecule has 0 unspecified atom stereocenters. The first-order valence-corrected chi connectivity index (χ1v) is 3.02. The largest absolute Gasteiger partial charge is 0.273 e. The molecule has 0 saturated carbocycles. The number of carbonyl (C=O) groups excluding carboxylic acids is 1. The van der Waals surface area contributed by atoms with Crippen molar-refractivity contribution in [2.75, 3.05) is 0 Å². The number of amides is 1. The summed E-state index contributed by atoms with van der Waals surface area (Å²) >= 11 is 0. The second kappa shape index (κ2) is 2.10. The molecule has 1 amide bonds. The van der Waals surface area contributed by atoms with Gasteiger partial charge in [0.15, 0.2) is 0 Å². The molecule has 0 aromatic rings. The molecule has 0 N–H and O–H groups in total. The van der Waals surface area contributed by atoms with Gasteiger partial charge in [0, 0.05) is 12.1 Å². The summed E-state index contributed by atoms with van der Waals surface area (Å²) in [5, 5.41) is 0. The average molecular weight is 123 g/mol. The molecule has 1 aliphatic rings. The summed E-state index contributed by atoms with van der Waals surface area (Å²) in [6.45, 7) is 3.91. The minimum Gasteiger partial charge on any atom is -0.273 e. The summed E-state index contributed by atoms with van der Waals surface area (Å²) < 4.78 is 0. The molecule has 2 nitrogen and oxygen atoms in total. The summed E-state index contributed by atoms with van der Waals surface area (Å²) in [4.78, 5) is 12.4. The van der Waals surface area contributed by atoms with Crippen LogP contribution in [0.2, 0.25) is 0 Å². The fourth-order valence-electron chi connectivity index (χ4n) is 0.765. The van der Waals surface area contributed by atoms with E-state index in [1.54, 1.807) is 4.90 Å². The molecule has 0 radical (unpaired) electrons. The van der Waals surface area contributed by atoms with Crippen LogP contribution in [0.15, 0.2) is 0 Å². The lowest BCUT2D eigenvalue weighted by Gasteiger charge is -2.14. The molecule has 0 spiro atoms. The minimum atomic E-state index is 0.102. The molecule has 1 aliphatic heterocycles. The Hall–Kier alpha value is -0.970. The van der Waals surface area contributed by atoms with Crippen LogP contribution in [0.3, 0.4) is 0 Å². The van der Waals surface area contributed by atoms with Gasteiger partial charge in [0.25, 0.3) is 0 Å². The van der Waals surface area contributed by atoms with Gasteiger partial charge in [0.2, 0.25) is 5.91 Å². The lowest BCUT2D eigenvalue weighted by Crippen LogP contribution is -2.29. The first kappa shape index (κ1) is 6.15. The van der Waals surface area contributed by atoms with Gasteiger partial charge in [-0.25, -0.2) is 0 Å². The molecule has 2 heteroatoms. The average Bonchev–Trinajstić information content (AvgIpc) is 2.13. The normalized spacial score (nSPS) is 16.3. The van der Waals surface area contributed by atoms with Crippen LogP contribution in [0.5, 0.6) is 0 Å². The third-order valence-electron chi connectivity index (χ3n) is 1.22. The van der Waals surface area contributed by atoms with Crippen molar-refractivity contribution in [1.29, 1.82) is 0 Å². The number of nitrogens with zero attached hydrogens (tertiary/aromatic N) is 1. The van der Waals surface area contributed by atoms with Gasteiger partial charge in [-0.3, -0.25) is 9.69 Å². The van der Waals surface area contributed by atoms with Crippen LogP contribution in [0.1, 0.15) is 20.3 Å². The summed E-state index contributed by atoms with van der Waals surface area (Å²) in [5.74, 6) is 2.83. The predicted molar refractivity (Wildman–Crippen MR) is 34.4 cm³/mol. The zero-order chi connectivity index (χ0) is 6.85. The van der Waals surface area contributed by atoms with Crippen molar-refractivity contribution in [3.8, 4) is 12.0 Å². The molecule has 0 aromatic carbocycles. The second-order valence-corrected chi connectivity index (χ2v) is 2.32. The van der Waals surface area contributed by atoms with Gasteiger partial charge in [-0.2, -0.15) is 0 Å². The molecule has 48 valence electrons. The van der Waals surface area contributed by atoms with E-state index in [-0.39, 0.29) is 11.9 Å². The summed E-state index contributed by atoms with van der Waals surface area (Å²) in [6, 6.07) is 2.97. The number of carbonyl (C=O) groups is 1. The van der Waals surface area contributed by atoms with E-state index >= 15 is 0 Å². The van der Waals surface area contributed by atoms with Crippen molar-refractivity contribution in [3.05, 3.63) is 0 Å².